The van der Waals surface area contributed by atoms with Crippen molar-refractivity contribution in [2.75, 3.05) is 7.05 Å². The van der Waals surface area contributed by atoms with Gasteiger partial charge in [0.2, 0.25) is 5.91 Å². The van der Waals surface area contributed by atoms with Crippen molar-refractivity contribution in [1.82, 2.24) is 19.8 Å². The fraction of sp³-hybridized carbons (Fsp3) is 0.500. The number of fused-ring (bicyclic) bond motifs is 1. The van der Waals surface area contributed by atoms with Gasteiger partial charge >= 0.3 is 0 Å². The van der Waals surface area contributed by atoms with Crippen LogP contribution in [0.25, 0.3) is 0 Å². The predicted molar refractivity (Wildman–Crippen MR) is 98.2 cm³/mol. The number of likely N-dealkylation sites (N-methyl/N-ethyl adjacent to an activating group) is 1. The fourth-order valence-corrected chi connectivity index (χ4v) is 4.11. The second kappa shape index (κ2) is 6.85. The lowest BCUT2D eigenvalue weighted by molar-refractivity contribution is -0.136. The highest BCUT2D eigenvalue weighted by atomic mass is 16.5. The number of amides is 1. The van der Waals surface area contributed by atoms with Crippen molar-refractivity contribution in [2.45, 2.75) is 51.1 Å². The molecule has 2 aliphatic rings. The number of carbonyl (C=O) groups excluding carboxylic acids is 1. The molecule has 0 radical (unpaired) electrons. The summed E-state index contributed by atoms with van der Waals surface area (Å²) < 4.78 is 7.53. The van der Waals surface area contributed by atoms with Crippen LogP contribution >= 0.6 is 0 Å². The van der Waals surface area contributed by atoms with Crippen molar-refractivity contribution >= 4 is 5.91 Å². The molecule has 2 aliphatic heterocycles. The average molecular weight is 354 g/mol. The van der Waals surface area contributed by atoms with Crippen LogP contribution in [0.15, 0.2) is 30.6 Å². The molecule has 1 fully saturated rings. The zero-order chi connectivity index (χ0) is 18.3. The highest BCUT2D eigenvalue weighted by Crippen LogP contribution is 2.32. The van der Waals surface area contributed by atoms with Crippen LogP contribution in [0.1, 0.15) is 54.4 Å². The van der Waals surface area contributed by atoms with E-state index in [-0.39, 0.29) is 24.0 Å². The van der Waals surface area contributed by atoms with Crippen LogP contribution in [0.4, 0.5) is 0 Å². The summed E-state index contributed by atoms with van der Waals surface area (Å²) in [6.07, 6.45) is 5.12. The van der Waals surface area contributed by atoms with Crippen LogP contribution in [0.5, 0.6) is 0 Å². The van der Waals surface area contributed by atoms with Crippen LogP contribution in [0.3, 0.4) is 0 Å². The normalized spacial score (nSPS) is 24.0. The first kappa shape index (κ1) is 17.2. The Morgan fingerprint density at radius 1 is 1.27 bits per heavy atom. The molecule has 138 valence electrons. The second-order valence-corrected chi connectivity index (χ2v) is 7.40. The number of ether oxygens (including phenoxy) is 1. The van der Waals surface area contributed by atoms with E-state index in [4.69, 9.17) is 4.74 Å². The van der Waals surface area contributed by atoms with E-state index in [9.17, 15) is 4.79 Å². The molecular formula is C20H26N4O2. The SMILES string of the molecule is CC(N[C@@H]1CCC(=O)N(C)[C@H]1c1nccn1C)c1ccc2c(c1)COC2. The number of nitrogens with one attached hydrogen (secondary N) is 1. The van der Waals surface area contributed by atoms with E-state index in [2.05, 4.69) is 35.4 Å². The minimum Gasteiger partial charge on any atom is -0.372 e. The zero-order valence-corrected chi connectivity index (χ0v) is 15.6. The highest BCUT2D eigenvalue weighted by molar-refractivity contribution is 5.77. The second-order valence-electron chi connectivity index (χ2n) is 7.40. The third kappa shape index (κ3) is 3.04. The molecule has 6 nitrogen and oxygen atoms in total. The van der Waals surface area contributed by atoms with Gasteiger partial charge in [-0.3, -0.25) is 4.79 Å². The minimum absolute atomic E-state index is 0.0588. The largest absolute Gasteiger partial charge is 0.372 e. The van der Waals surface area contributed by atoms with Gasteiger partial charge in [-0.05, 0) is 30.0 Å². The first-order chi connectivity index (χ1) is 12.5. The summed E-state index contributed by atoms with van der Waals surface area (Å²) >= 11 is 0. The Kier molecular flexibility index (Phi) is 4.54. The van der Waals surface area contributed by atoms with E-state index >= 15 is 0 Å². The molecule has 2 aromatic rings. The number of hydrogen-bond acceptors (Lipinski definition) is 4. The minimum atomic E-state index is -0.0588. The van der Waals surface area contributed by atoms with Gasteiger partial charge in [0.05, 0.1) is 13.2 Å². The molecule has 26 heavy (non-hydrogen) atoms. The maximum atomic E-state index is 12.3. The molecule has 1 aromatic heterocycles. The van der Waals surface area contributed by atoms with Gasteiger partial charge < -0.3 is 19.5 Å². The van der Waals surface area contributed by atoms with Crippen molar-refractivity contribution in [1.29, 1.82) is 0 Å². The Labute approximate surface area is 154 Å². The molecule has 1 N–H and O–H groups in total. The van der Waals surface area contributed by atoms with Gasteiger partial charge in [0, 0.05) is 45.0 Å². The first-order valence-electron chi connectivity index (χ1n) is 9.23. The molecule has 1 amide bonds. The van der Waals surface area contributed by atoms with Crippen LogP contribution in [0, 0.1) is 0 Å². The lowest BCUT2D eigenvalue weighted by Gasteiger charge is -2.40. The molecule has 1 saturated heterocycles. The van der Waals surface area contributed by atoms with Crippen LogP contribution in [-0.2, 0) is 29.8 Å². The summed E-state index contributed by atoms with van der Waals surface area (Å²) in [6.45, 7) is 3.60. The summed E-state index contributed by atoms with van der Waals surface area (Å²) in [6, 6.07) is 6.89. The van der Waals surface area contributed by atoms with E-state index in [0.29, 0.717) is 19.6 Å². The maximum absolute atomic E-state index is 12.3. The van der Waals surface area contributed by atoms with Crippen LogP contribution in [0.2, 0.25) is 0 Å². The van der Waals surface area contributed by atoms with Gasteiger partial charge in [0.1, 0.15) is 11.9 Å². The Balaban J connectivity index is 1.57. The molecule has 4 rings (SSSR count). The molecule has 1 unspecified atom stereocenters. The van der Waals surface area contributed by atoms with Gasteiger partial charge in [-0.25, -0.2) is 4.98 Å². The molecule has 3 heterocycles. The third-order valence-corrected chi connectivity index (χ3v) is 5.69. The zero-order valence-electron chi connectivity index (χ0n) is 15.6. The summed E-state index contributed by atoms with van der Waals surface area (Å²) in [5, 5.41) is 3.75. The van der Waals surface area contributed by atoms with Gasteiger partial charge in [-0.1, -0.05) is 18.2 Å². The Morgan fingerprint density at radius 2 is 2.08 bits per heavy atom. The quantitative estimate of drug-likeness (QED) is 0.916. The van der Waals surface area contributed by atoms with Crippen molar-refractivity contribution in [3.8, 4) is 0 Å². The van der Waals surface area contributed by atoms with Gasteiger partial charge in [0.15, 0.2) is 0 Å². The molecule has 0 bridgehead atoms. The lowest BCUT2D eigenvalue weighted by atomic mass is 9.93. The number of hydrogen-bond donors (Lipinski definition) is 1. The smallest absolute Gasteiger partial charge is 0.223 e. The van der Waals surface area contributed by atoms with Gasteiger partial charge in [-0.2, -0.15) is 0 Å². The van der Waals surface area contributed by atoms with E-state index in [1.165, 1.54) is 16.7 Å². The molecule has 0 aliphatic carbocycles. The molecular weight excluding hydrogens is 328 g/mol. The summed E-state index contributed by atoms with van der Waals surface area (Å²) in [5.74, 6) is 1.10. The number of aryl methyl sites for hydroxylation is 1. The number of likely N-dealkylation sites (tertiary alicyclic amines) is 1. The van der Waals surface area contributed by atoms with Gasteiger partial charge in [-0.15, -0.1) is 0 Å². The number of benzene rings is 1. The van der Waals surface area contributed by atoms with Crippen molar-refractivity contribution in [2.24, 2.45) is 7.05 Å². The molecule has 3 atom stereocenters. The van der Waals surface area contributed by atoms with Gasteiger partial charge in [0.25, 0.3) is 0 Å². The summed E-state index contributed by atoms with van der Waals surface area (Å²) in [7, 11) is 3.86. The van der Waals surface area contributed by atoms with Crippen molar-refractivity contribution in [3.05, 3.63) is 53.1 Å². The Morgan fingerprint density at radius 3 is 2.85 bits per heavy atom. The van der Waals surface area contributed by atoms with E-state index < -0.39 is 0 Å². The molecule has 0 saturated carbocycles. The monoisotopic (exact) mass is 354 g/mol. The molecule has 0 spiro atoms. The average Bonchev–Trinajstić information content (AvgIpc) is 3.26. The number of piperidine rings is 1. The number of nitrogens with zero attached hydrogens (tertiary/aromatic N) is 3. The van der Waals surface area contributed by atoms with E-state index in [0.717, 1.165) is 12.2 Å². The molecule has 1 aromatic carbocycles. The predicted octanol–water partition coefficient (Wildman–Crippen LogP) is 2.46. The number of aromatic nitrogens is 2. The lowest BCUT2D eigenvalue weighted by Crippen LogP contribution is -2.50. The summed E-state index contributed by atoms with van der Waals surface area (Å²) in [5.41, 5.74) is 3.83. The van der Waals surface area contributed by atoms with Crippen LogP contribution < -0.4 is 5.32 Å². The third-order valence-electron chi connectivity index (χ3n) is 5.69. The Bertz CT molecular complexity index is 816. The first-order valence-corrected chi connectivity index (χ1v) is 9.23. The fourth-order valence-electron chi connectivity index (χ4n) is 4.11. The Hall–Kier alpha value is -2.18. The van der Waals surface area contributed by atoms with E-state index in [1.54, 1.807) is 6.20 Å². The molecule has 6 heteroatoms. The number of carbonyl (C=O) groups is 1. The van der Waals surface area contributed by atoms with Crippen LogP contribution in [-0.4, -0.2) is 33.4 Å². The standard InChI is InChI=1S/C20H26N4O2/c1-13(14-4-5-15-11-26-12-16(15)10-14)22-17-6-7-18(25)24(3)19(17)20-21-8-9-23(20)2/h4-5,8-10,13,17,19,22H,6-7,11-12H2,1-3H3/t13?,17-,19-/m1/s1. The number of imidazole rings is 1. The summed E-state index contributed by atoms with van der Waals surface area (Å²) in [4.78, 5) is 18.6. The van der Waals surface area contributed by atoms with Crippen molar-refractivity contribution in [3.63, 3.8) is 0 Å². The van der Waals surface area contributed by atoms with E-state index in [1.807, 2.05) is 29.8 Å². The van der Waals surface area contributed by atoms with Crippen molar-refractivity contribution < 1.29 is 9.53 Å². The maximum Gasteiger partial charge on any atom is 0.223 e. The number of rotatable bonds is 4. The topological polar surface area (TPSA) is 59.4 Å². The highest BCUT2D eigenvalue weighted by Gasteiger charge is 2.37.